The predicted octanol–water partition coefficient (Wildman–Crippen LogP) is 2.87. The fourth-order valence-electron chi connectivity index (χ4n) is 5.14. The summed E-state index contributed by atoms with van der Waals surface area (Å²) in [6.07, 6.45) is 6.36. The summed E-state index contributed by atoms with van der Waals surface area (Å²) in [4.78, 5) is 36.0. The minimum Gasteiger partial charge on any atom is -0.378 e. The lowest BCUT2D eigenvalue weighted by Gasteiger charge is -2.35. The molecule has 5 rings (SSSR count). The van der Waals surface area contributed by atoms with Crippen LogP contribution >= 0.6 is 0 Å². The molecule has 28 heavy (non-hydrogen) atoms. The molecule has 2 aromatic rings. The molecule has 1 aliphatic heterocycles. The Balaban J connectivity index is 1.44. The lowest BCUT2D eigenvalue weighted by molar-refractivity contribution is -0.154. The second kappa shape index (κ2) is 6.26. The van der Waals surface area contributed by atoms with Gasteiger partial charge in [-0.1, -0.05) is 22.9 Å². The van der Waals surface area contributed by atoms with E-state index in [0.717, 1.165) is 36.1 Å². The third-order valence-corrected chi connectivity index (χ3v) is 6.46. The van der Waals surface area contributed by atoms with Gasteiger partial charge in [0.15, 0.2) is 0 Å². The summed E-state index contributed by atoms with van der Waals surface area (Å²) in [5.74, 6) is -0.503. The monoisotopic (exact) mass is 375 g/mol. The Morgan fingerprint density at radius 3 is 2.75 bits per heavy atom. The maximum Gasteiger partial charge on any atom is 0.274 e. The first kappa shape index (κ1) is 17.1. The van der Waals surface area contributed by atoms with Crippen molar-refractivity contribution in [2.75, 3.05) is 0 Å². The highest BCUT2D eigenvalue weighted by Gasteiger charge is 2.69. The second-order valence-electron chi connectivity index (χ2n) is 8.00. The number of hydrogen-bond acceptors (Lipinski definition) is 5. The molecular weight excluding hydrogens is 354 g/mol. The lowest BCUT2D eigenvalue weighted by atomic mass is 9.72. The van der Waals surface area contributed by atoms with Crippen LogP contribution < -0.4 is 5.32 Å². The number of oxime groups is 1. The number of aromatic nitrogens is 1. The van der Waals surface area contributed by atoms with Crippen LogP contribution in [-0.2, 0) is 9.63 Å². The van der Waals surface area contributed by atoms with E-state index in [2.05, 4.69) is 15.5 Å². The highest BCUT2D eigenvalue weighted by atomic mass is 16.7. The highest BCUT2D eigenvalue weighted by Crippen LogP contribution is 2.59. The van der Waals surface area contributed by atoms with Crippen molar-refractivity contribution < 1.29 is 14.4 Å². The molecule has 2 heterocycles. The van der Waals surface area contributed by atoms with Gasteiger partial charge < -0.3 is 4.84 Å². The van der Waals surface area contributed by atoms with Crippen LogP contribution in [0.5, 0.6) is 0 Å². The number of rotatable bonds is 3. The molecule has 4 unspecified atom stereocenters. The maximum atomic E-state index is 13.3. The number of carbonyl (C=O) groups is 2. The number of pyridine rings is 1. The largest absolute Gasteiger partial charge is 0.378 e. The van der Waals surface area contributed by atoms with E-state index >= 15 is 0 Å². The van der Waals surface area contributed by atoms with E-state index in [1.165, 1.54) is 0 Å². The third-order valence-electron chi connectivity index (χ3n) is 6.46. The molecule has 6 heteroatoms. The van der Waals surface area contributed by atoms with E-state index in [4.69, 9.17) is 4.84 Å². The number of imide groups is 1. The predicted molar refractivity (Wildman–Crippen MR) is 103 cm³/mol. The van der Waals surface area contributed by atoms with Gasteiger partial charge in [0, 0.05) is 29.4 Å². The Labute approximate surface area is 163 Å². The summed E-state index contributed by atoms with van der Waals surface area (Å²) in [6, 6.07) is 10.9. The second-order valence-corrected chi connectivity index (χ2v) is 8.00. The van der Waals surface area contributed by atoms with Crippen LogP contribution in [0.25, 0.3) is 0 Å². The Bertz CT molecular complexity index is 970. The van der Waals surface area contributed by atoms with Gasteiger partial charge in [0.25, 0.3) is 11.8 Å². The van der Waals surface area contributed by atoms with Crippen molar-refractivity contribution in [3.63, 3.8) is 0 Å². The van der Waals surface area contributed by atoms with Crippen molar-refractivity contribution in [1.29, 1.82) is 0 Å². The Hall–Kier alpha value is -3.02. The van der Waals surface area contributed by atoms with E-state index in [1.807, 2.05) is 31.2 Å². The topological polar surface area (TPSA) is 80.7 Å². The molecule has 142 valence electrons. The van der Waals surface area contributed by atoms with Crippen molar-refractivity contribution in [2.24, 2.45) is 22.9 Å². The fraction of sp³-hybridized carbons (Fsp3) is 0.364. The summed E-state index contributed by atoms with van der Waals surface area (Å²) in [7, 11) is 0. The van der Waals surface area contributed by atoms with Gasteiger partial charge in [-0.2, -0.15) is 0 Å². The molecular formula is C22H21N3O3. The minimum atomic E-state index is -1.09. The number of nitrogens with one attached hydrogen (secondary N) is 1. The van der Waals surface area contributed by atoms with E-state index in [0.29, 0.717) is 11.5 Å². The van der Waals surface area contributed by atoms with Gasteiger partial charge in [0.2, 0.25) is 5.60 Å². The molecule has 0 spiro atoms. The van der Waals surface area contributed by atoms with Gasteiger partial charge in [0.1, 0.15) is 0 Å². The van der Waals surface area contributed by atoms with Crippen LogP contribution in [-0.4, -0.2) is 28.1 Å². The zero-order valence-corrected chi connectivity index (χ0v) is 15.6. The molecule has 1 aromatic carbocycles. The fourth-order valence-corrected chi connectivity index (χ4v) is 5.14. The Morgan fingerprint density at radius 2 is 2.00 bits per heavy atom. The molecule has 0 radical (unpaired) electrons. The average Bonchev–Trinajstić information content (AvgIpc) is 3.41. The number of benzene rings is 1. The first-order valence-corrected chi connectivity index (χ1v) is 9.68. The van der Waals surface area contributed by atoms with E-state index in [-0.39, 0.29) is 17.7 Å². The molecule has 2 aliphatic carbocycles. The maximum absolute atomic E-state index is 13.3. The summed E-state index contributed by atoms with van der Waals surface area (Å²) in [5, 5.41) is 6.91. The number of nitrogens with zero attached hydrogens (tertiary/aromatic N) is 2. The van der Waals surface area contributed by atoms with E-state index < -0.39 is 11.5 Å². The van der Waals surface area contributed by atoms with Gasteiger partial charge in [-0.3, -0.25) is 19.9 Å². The van der Waals surface area contributed by atoms with Crippen molar-refractivity contribution >= 4 is 17.5 Å². The molecule has 1 aromatic heterocycles. The smallest absolute Gasteiger partial charge is 0.274 e. The Kier molecular flexibility index (Phi) is 3.82. The normalized spacial score (nSPS) is 29.8. The summed E-state index contributed by atoms with van der Waals surface area (Å²) < 4.78 is 0. The molecule has 3 aliphatic rings. The molecule has 6 nitrogen and oxygen atoms in total. The van der Waals surface area contributed by atoms with Crippen molar-refractivity contribution in [3.8, 4) is 0 Å². The zero-order valence-electron chi connectivity index (χ0n) is 15.6. The quantitative estimate of drug-likeness (QED) is 0.837. The zero-order chi connectivity index (χ0) is 19.3. The molecule has 1 N–H and O–H groups in total. The van der Waals surface area contributed by atoms with E-state index in [9.17, 15) is 9.59 Å². The van der Waals surface area contributed by atoms with Gasteiger partial charge in [-0.25, -0.2) is 0 Å². The summed E-state index contributed by atoms with van der Waals surface area (Å²) >= 11 is 0. The van der Waals surface area contributed by atoms with Crippen LogP contribution in [0.2, 0.25) is 0 Å². The number of aryl methyl sites for hydroxylation is 1. The SMILES string of the molecule is Cc1ccc(C(=O)NC(=O)C23ON=C(c4cccnc4)C2C2CCC3C2)cc1. The molecule has 2 saturated carbocycles. The first-order valence-electron chi connectivity index (χ1n) is 9.68. The number of carbonyl (C=O) groups excluding carboxylic acids is 2. The molecule has 4 atom stereocenters. The first-order chi connectivity index (χ1) is 13.6. The van der Waals surface area contributed by atoms with Gasteiger partial charge in [0.05, 0.1) is 11.6 Å². The standard InChI is InChI=1S/C22H21N3O3/c1-13-4-6-14(7-5-13)20(26)24-21(27)22-17-9-8-15(11-17)18(22)19(25-28-22)16-3-2-10-23-12-16/h2-7,10,12,15,17-18H,8-9,11H2,1H3,(H,24,26,27). The average molecular weight is 375 g/mol. The van der Waals surface area contributed by atoms with Gasteiger partial charge in [-0.05, 0) is 56.4 Å². The number of hydrogen-bond donors (Lipinski definition) is 1. The van der Waals surface area contributed by atoms with Crippen molar-refractivity contribution in [1.82, 2.24) is 10.3 Å². The highest BCUT2D eigenvalue weighted by molar-refractivity contribution is 6.12. The minimum absolute atomic E-state index is 0.0752. The molecule has 0 saturated heterocycles. The number of fused-ring (bicyclic) bond motifs is 5. The lowest BCUT2D eigenvalue weighted by Crippen LogP contribution is -2.57. The van der Waals surface area contributed by atoms with Crippen LogP contribution in [0.4, 0.5) is 0 Å². The van der Waals surface area contributed by atoms with Crippen molar-refractivity contribution in [3.05, 3.63) is 65.5 Å². The Morgan fingerprint density at radius 1 is 1.18 bits per heavy atom. The summed E-state index contributed by atoms with van der Waals surface area (Å²) in [6.45, 7) is 1.95. The third kappa shape index (κ3) is 2.40. The van der Waals surface area contributed by atoms with Crippen LogP contribution in [0.15, 0.2) is 53.9 Å². The van der Waals surface area contributed by atoms with E-state index in [1.54, 1.807) is 24.5 Å². The molecule has 2 fully saturated rings. The van der Waals surface area contributed by atoms with Crippen LogP contribution in [0, 0.1) is 24.7 Å². The van der Waals surface area contributed by atoms with Crippen LogP contribution in [0.3, 0.4) is 0 Å². The van der Waals surface area contributed by atoms with Gasteiger partial charge in [-0.15, -0.1) is 0 Å². The molecule has 2 bridgehead atoms. The van der Waals surface area contributed by atoms with Gasteiger partial charge >= 0.3 is 0 Å². The number of amides is 2. The van der Waals surface area contributed by atoms with Crippen LogP contribution in [0.1, 0.15) is 40.7 Å². The summed E-state index contributed by atoms with van der Waals surface area (Å²) in [5.41, 5.74) is 2.08. The molecule has 2 amide bonds. The van der Waals surface area contributed by atoms with Crippen molar-refractivity contribution in [2.45, 2.75) is 31.8 Å².